The minimum atomic E-state index is -4.55. The first-order chi connectivity index (χ1) is 19.0. The fourth-order valence-corrected chi connectivity index (χ4v) is 4.19. The van der Waals surface area contributed by atoms with Gasteiger partial charge in [-0.05, 0) is 35.0 Å². The molecule has 0 bridgehead atoms. The van der Waals surface area contributed by atoms with Crippen molar-refractivity contribution in [3.63, 3.8) is 0 Å². The van der Waals surface area contributed by atoms with E-state index >= 15 is 4.39 Å². The second-order valence-corrected chi connectivity index (χ2v) is 8.83. The number of rotatable bonds is 8. The summed E-state index contributed by atoms with van der Waals surface area (Å²) < 4.78 is 83.2. The summed E-state index contributed by atoms with van der Waals surface area (Å²) >= 11 is 5.96. The van der Waals surface area contributed by atoms with Crippen LogP contribution in [-0.4, -0.2) is 51.2 Å². The molecule has 1 aromatic carbocycles. The number of hydrogen-bond donors (Lipinski definition) is 0. The molecule has 208 valence electrons. The molecule has 0 aliphatic rings. The van der Waals surface area contributed by atoms with Crippen LogP contribution in [0.1, 0.15) is 31.1 Å². The maximum absolute atomic E-state index is 15.1. The maximum atomic E-state index is 15.1. The summed E-state index contributed by atoms with van der Waals surface area (Å²) in [6, 6.07) is 4.05. The van der Waals surface area contributed by atoms with Gasteiger partial charge in [-0.15, -0.1) is 10.2 Å². The van der Waals surface area contributed by atoms with Crippen molar-refractivity contribution in [2.24, 2.45) is 0 Å². The quantitative estimate of drug-likeness (QED) is 0.149. The molecule has 11 nitrogen and oxygen atoms in total. The first-order valence-corrected chi connectivity index (χ1v) is 11.7. The highest BCUT2D eigenvalue weighted by Gasteiger charge is 2.33. The van der Waals surface area contributed by atoms with Crippen LogP contribution in [0, 0.1) is 11.0 Å². The first kappa shape index (κ1) is 27.0. The van der Waals surface area contributed by atoms with Crippen molar-refractivity contribution in [3.8, 4) is 28.1 Å². The molecule has 0 spiro atoms. The molecule has 5 aromatic rings. The fourth-order valence-electron chi connectivity index (χ4n) is 4.04. The molecular weight excluding hydrogens is 570 g/mol. The number of benzene rings is 1. The van der Waals surface area contributed by atoms with E-state index in [1.165, 1.54) is 43.0 Å². The lowest BCUT2D eigenvalue weighted by Crippen LogP contribution is -2.36. The zero-order valence-corrected chi connectivity index (χ0v) is 20.5. The van der Waals surface area contributed by atoms with E-state index in [-0.39, 0.29) is 38.8 Å². The Labute approximate surface area is 224 Å². The van der Waals surface area contributed by atoms with Crippen molar-refractivity contribution in [1.82, 2.24) is 45.0 Å². The topological polar surface area (TPSA) is 119 Å². The van der Waals surface area contributed by atoms with E-state index in [1.54, 1.807) is 0 Å². The van der Waals surface area contributed by atoms with Crippen LogP contribution in [0.3, 0.4) is 0 Å². The Morgan fingerprint density at radius 2 is 1.82 bits per heavy atom. The summed E-state index contributed by atoms with van der Waals surface area (Å²) in [5.74, 6) is -0.871. The molecule has 4 heterocycles. The second-order valence-electron chi connectivity index (χ2n) is 8.42. The van der Waals surface area contributed by atoms with Gasteiger partial charge in [0.1, 0.15) is 18.1 Å². The highest BCUT2D eigenvalue weighted by molar-refractivity contribution is 6.31. The van der Waals surface area contributed by atoms with Crippen molar-refractivity contribution in [1.29, 1.82) is 0 Å². The molecule has 0 unspecified atom stereocenters. The van der Waals surface area contributed by atoms with Gasteiger partial charge in [-0.2, -0.15) is 41.1 Å². The molecule has 0 amide bonds. The Morgan fingerprint density at radius 1 is 1.02 bits per heavy atom. The highest BCUT2D eigenvalue weighted by atomic mass is 35.5. The van der Waals surface area contributed by atoms with Crippen LogP contribution in [-0.2, 0) is 0 Å². The molecule has 18 heteroatoms. The van der Waals surface area contributed by atoms with Gasteiger partial charge in [0.05, 0.1) is 34.2 Å². The van der Waals surface area contributed by atoms with Crippen LogP contribution in [0.25, 0.3) is 28.1 Å². The van der Waals surface area contributed by atoms with Crippen LogP contribution < -0.4 is 4.73 Å². The van der Waals surface area contributed by atoms with E-state index in [2.05, 4.69) is 30.9 Å². The molecule has 0 aliphatic carbocycles. The van der Waals surface area contributed by atoms with E-state index in [1.807, 2.05) is 0 Å². The van der Waals surface area contributed by atoms with Crippen LogP contribution in [0.5, 0.6) is 0 Å². The second kappa shape index (κ2) is 10.6. The van der Waals surface area contributed by atoms with E-state index in [9.17, 15) is 27.2 Å². The standard InChI is InChI=1S/C22H15ClF6N10O/c23-14-2-4-18(38-11-30-33-35-38)19(20(14)24)12-1-3-17(39(40)9-12)16(5-6-22(27,28)29)36-8-13(7-31-36)15-10-37(21(25)26)34-32-15/h1-4,7-11,16,21H,5-6H2/t16-/m0/s1. The lowest BCUT2D eigenvalue weighted by molar-refractivity contribution is -0.615. The van der Waals surface area contributed by atoms with E-state index in [4.69, 9.17) is 11.6 Å². The summed E-state index contributed by atoms with van der Waals surface area (Å²) in [6.45, 7) is -2.94. The Morgan fingerprint density at radius 3 is 2.48 bits per heavy atom. The largest absolute Gasteiger partial charge is 0.618 e. The third kappa shape index (κ3) is 5.45. The predicted octanol–water partition coefficient (Wildman–Crippen LogP) is 4.54. The monoisotopic (exact) mass is 584 g/mol. The predicted molar refractivity (Wildman–Crippen MR) is 124 cm³/mol. The van der Waals surface area contributed by atoms with Crippen molar-refractivity contribution >= 4 is 11.6 Å². The summed E-state index contributed by atoms with van der Waals surface area (Å²) in [4.78, 5) is 0. The van der Waals surface area contributed by atoms with Crippen LogP contribution in [0.2, 0.25) is 5.02 Å². The molecule has 5 rings (SSSR count). The average molecular weight is 585 g/mol. The molecule has 0 saturated carbocycles. The number of aromatic nitrogens is 10. The summed E-state index contributed by atoms with van der Waals surface area (Å²) in [6.07, 6.45) is -0.802. The van der Waals surface area contributed by atoms with Gasteiger partial charge in [0.2, 0.25) is 5.69 Å². The molecular formula is C22H15ClF6N10O. The van der Waals surface area contributed by atoms with Gasteiger partial charge in [-0.25, -0.2) is 4.39 Å². The van der Waals surface area contributed by atoms with E-state index < -0.39 is 37.4 Å². The minimum Gasteiger partial charge on any atom is -0.618 e. The number of hydrogen-bond acceptors (Lipinski definition) is 7. The third-order valence-corrected chi connectivity index (χ3v) is 6.16. The first-order valence-electron chi connectivity index (χ1n) is 11.3. The maximum Gasteiger partial charge on any atom is 0.389 e. The van der Waals surface area contributed by atoms with Crippen molar-refractivity contribution in [3.05, 3.63) is 77.1 Å². The van der Waals surface area contributed by atoms with Gasteiger partial charge in [-0.1, -0.05) is 16.8 Å². The smallest absolute Gasteiger partial charge is 0.389 e. The summed E-state index contributed by atoms with van der Waals surface area (Å²) in [5.41, 5.74) is 0.116. The summed E-state index contributed by atoms with van der Waals surface area (Å²) in [5, 5.41) is 34.6. The van der Waals surface area contributed by atoms with Gasteiger partial charge in [0.15, 0.2) is 12.0 Å². The molecule has 0 N–H and O–H groups in total. The molecule has 40 heavy (non-hydrogen) atoms. The van der Waals surface area contributed by atoms with Crippen LogP contribution in [0.15, 0.2) is 55.4 Å². The Balaban J connectivity index is 1.55. The molecule has 0 radical (unpaired) electrons. The van der Waals surface area contributed by atoms with Gasteiger partial charge in [-0.3, -0.25) is 4.68 Å². The number of alkyl halides is 5. The number of nitrogens with zero attached hydrogens (tertiary/aromatic N) is 10. The zero-order valence-electron chi connectivity index (χ0n) is 19.8. The molecule has 0 aliphatic heterocycles. The zero-order chi connectivity index (χ0) is 28.6. The lowest BCUT2D eigenvalue weighted by Gasteiger charge is -2.19. The van der Waals surface area contributed by atoms with Crippen molar-refractivity contribution in [2.75, 3.05) is 0 Å². The van der Waals surface area contributed by atoms with Crippen LogP contribution >= 0.6 is 11.6 Å². The fraction of sp³-hybridized carbons (Fsp3) is 0.227. The Kier molecular flexibility index (Phi) is 7.14. The molecule has 4 aromatic heterocycles. The van der Waals surface area contributed by atoms with Gasteiger partial charge in [0, 0.05) is 24.2 Å². The molecule has 1 atom stereocenters. The number of tetrazole rings is 1. The number of halogens is 7. The Hall–Kier alpha value is -4.54. The van der Waals surface area contributed by atoms with Crippen molar-refractivity contribution < 1.29 is 31.1 Å². The number of pyridine rings is 1. The summed E-state index contributed by atoms with van der Waals surface area (Å²) in [7, 11) is 0. The molecule has 0 saturated heterocycles. The SMILES string of the molecule is [O-][n+]1cc(-c2c(-n3cnnn3)ccc(Cl)c2F)ccc1[C@H](CCC(F)(F)F)n1cc(-c2cn(C(F)F)nn2)cn1. The third-order valence-electron chi connectivity index (χ3n) is 5.87. The minimum absolute atomic E-state index is 0.00182. The van der Waals surface area contributed by atoms with Crippen LogP contribution in [0.4, 0.5) is 26.3 Å². The van der Waals surface area contributed by atoms with E-state index in [0.717, 1.165) is 21.8 Å². The van der Waals surface area contributed by atoms with Gasteiger partial charge in [0.25, 0.3) is 0 Å². The van der Waals surface area contributed by atoms with Gasteiger partial charge >= 0.3 is 12.7 Å². The normalized spacial score (nSPS) is 12.8. The van der Waals surface area contributed by atoms with Gasteiger partial charge < -0.3 is 5.21 Å². The van der Waals surface area contributed by atoms with Crippen molar-refractivity contribution in [2.45, 2.75) is 31.6 Å². The molecule has 0 fully saturated rings. The van der Waals surface area contributed by atoms with E-state index in [0.29, 0.717) is 9.41 Å². The lowest BCUT2D eigenvalue weighted by atomic mass is 10.0. The Bertz CT molecular complexity index is 1640. The highest BCUT2D eigenvalue weighted by Crippen LogP contribution is 2.34. The average Bonchev–Trinajstić information content (AvgIpc) is 3.67.